The highest BCUT2D eigenvalue weighted by atomic mass is 32.2. The molecule has 1 atom stereocenters. The van der Waals surface area contributed by atoms with Crippen molar-refractivity contribution >= 4 is 41.0 Å². The van der Waals surface area contributed by atoms with Crippen LogP contribution >= 0.6 is 11.8 Å². The van der Waals surface area contributed by atoms with Crippen LogP contribution in [0.15, 0.2) is 65.7 Å². The molecule has 1 aliphatic rings. The van der Waals surface area contributed by atoms with Gasteiger partial charge in [0.05, 0.1) is 29.2 Å². The maximum atomic E-state index is 13.2. The molecule has 1 aliphatic heterocycles. The molecule has 9 nitrogen and oxygen atoms in total. The van der Waals surface area contributed by atoms with E-state index in [4.69, 9.17) is 9.47 Å². The molecule has 0 bridgehead atoms. The normalized spacial score (nSPS) is 14.8. The van der Waals surface area contributed by atoms with Gasteiger partial charge in [-0.2, -0.15) is 5.26 Å². The van der Waals surface area contributed by atoms with Gasteiger partial charge in [0.15, 0.2) is 12.4 Å². The number of carbonyl (C=O) groups excluding carboxylic acids is 4. The summed E-state index contributed by atoms with van der Waals surface area (Å²) in [5, 5.41) is 9.15. The van der Waals surface area contributed by atoms with E-state index in [1.165, 1.54) is 31.4 Å². The van der Waals surface area contributed by atoms with Gasteiger partial charge in [-0.25, -0.2) is 14.7 Å². The molecule has 2 aromatic carbocycles. The van der Waals surface area contributed by atoms with Gasteiger partial charge in [-0.1, -0.05) is 37.7 Å². The van der Waals surface area contributed by atoms with E-state index in [1.54, 1.807) is 36.4 Å². The molecule has 1 fully saturated rings. The number of ether oxygens (including phenoxy) is 2. The maximum absolute atomic E-state index is 13.2. The number of imide groups is 1. The number of carbonyl (C=O) groups is 4. The van der Waals surface area contributed by atoms with Crippen molar-refractivity contribution in [2.75, 3.05) is 18.6 Å². The largest absolute Gasteiger partial charge is 0.497 e. The Morgan fingerprint density at radius 2 is 1.85 bits per heavy atom. The van der Waals surface area contributed by atoms with E-state index in [-0.39, 0.29) is 23.7 Å². The van der Waals surface area contributed by atoms with E-state index >= 15 is 0 Å². The van der Waals surface area contributed by atoms with Crippen molar-refractivity contribution in [2.24, 2.45) is 0 Å². The third-order valence-electron chi connectivity index (χ3n) is 6.04. The van der Waals surface area contributed by atoms with Gasteiger partial charge in [-0.3, -0.25) is 14.4 Å². The Morgan fingerprint density at radius 1 is 1.10 bits per heavy atom. The van der Waals surface area contributed by atoms with Crippen LogP contribution in [-0.2, 0) is 14.3 Å². The van der Waals surface area contributed by atoms with Crippen molar-refractivity contribution in [3.8, 4) is 11.8 Å². The Balaban J connectivity index is 1.41. The van der Waals surface area contributed by atoms with Crippen molar-refractivity contribution in [1.82, 2.24) is 4.98 Å². The van der Waals surface area contributed by atoms with Crippen LogP contribution in [-0.4, -0.2) is 47.5 Å². The van der Waals surface area contributed by atoms with Gasteiger partial charge in [-0.05, 0) is 54.4 Å². The second-order valence-corrected chi connectivity index (χ2v) is 10.2. The topological polar surface area (TPSA) is 127 Å². The molecular formula is C29H25N3O6S. The lowest BCUT2D eigenvalue weighted by Crippen LogP contribution is -2.31. The van der Waals surface area contributed by atoms with Crippen molar-refractivity contribution < 1.29 is 28.7 Å². The summed E-state index contributed by atoms with van der Waals surface area (Å²) in [7, 11) is 1.49. The molecule has 1 unspecified atom stereocenters. The Morgan fingerprint density at radius 3 is 2.51 bits per heavy atom. The van der Waals surface area contributed by atoms with Crippen LogP contribution in [0.2, 0.25) is 0 Å². The summed E-state index contributed by atoms with van der Waals surface area (Å²) in [4.78, 5) is 56.3. The summed E-state index contributed by atoms with van der Waals surface area (Å²) in [5.41, 5.74) is 1.95. The van der Waals surface area contributed by atoms with Crippen LogP contribution in [0.25, 0.3) is 0 Å². The van der Waals surface area contributed by atoms with Gasteiger partial charge in [0, 0.05) is 17.7 Å². The molecule has 198 valence electrons. The molecule has 2 amide bonds. The highest BCUT2D eigenvalue weighted by Gasteiger charge is 2.40. The smallest absolute Gasteiger partial charge is 0.338 e. The fourth-order valence-corrected chi connectivity index (χ4v) is 4.99. The van der Waals surface area contributed by atoms with E-state index in [2.05, 4.69) is 11.1 Å². The van der Waals surface area contributed by atoms with Crippen LogP contribution < -0.4 is 9.64 Å². The predicted octanol–water partition coefficient (Wildman–Crippen LogP) is 4.55. The summed E-state index contributed by atoms with van der Waals surface area (Å²) in [6.45, 7) is 3.51. The zero-order valence-electron chi connectivity index (χ0n) is 21.5. The van der Waals surface area contributed by atoms with Gasteiger partial charge in [0.2, 0.25) is 11.8 Å². The summed E-state index contributed by atoms with van der Waals surface area (Å²) in [6.07, 6.45) is -0.0435. The lowest BCUT2D eigenvalue weighted by atomic mass is 10.1. The second-order valence-electron chi connectivity index (χ2n) is 9.01. The zero-order valence-corrected chi connectivity index (χ0v) is 22.4. The van der Waals surface area contributed by atoms with Gasteiger partial charge in [0.25, 0.3) is 0 Å². The van der Waals surface area contributed by atoms with Crippen molar-refractivity contribution in [3.05, 3.63) is 83.0 Å². The third-order valence-corrected chi connectivity index (χ3v) is 7.23. The molecular weight excluding hydrogens is 518 g/mol. The number of hydrogen-bond acceptors (Lipinski definition) is 9. The number of nitrogens with zero attached hydrogens (tertiary/aromatic N) is 3. The first-order valence-corrected chi connectivity index (χ1v) is 13.0. The van der Waals surface area contributed by atoms with E-state index < -0.39 is 29.6 Å². The first kappa shape index (κ1) is 27.5. The number of thioether (sulfide) groups is 1. The fourth-order valence-electron chi connectivity index (χ4n) is 3.89. The molecule has 2 heterocycles. The fraction of sp³-hybridized carbons (Fsp3) is 0.241. The highest BCUT2D eigenvalue weighted by molar-refractivity contribution is 8.00. The molecule has 3 aromatic rings. The average Bonchev–Trinajstić information content (AvgIpc) is 3.23. The zero-order chi connectivity index (χ0) is 28.1. The van der Waals surface area contributed by atoms with E-state index in [1.807, 2.05) is 13.8 Å². The number of Topliss-reactive ketones (excluding diaryl/α,β-unsaturated/α-hetero) is 1. The molecule has 0 aliphatic carbocycles. The second kappa shape index (κ2) is 11.9. The third kappa shape index (κ3) is 6.16. The molecule has 0 N–H and O–H groups in total. The number of rotatable bonds is 9. The van der Waals surface area contributed by atoms with Crippen molar-refractivity contribution in [2.45, 2.75) is 36.5 Å². The Hall–Kier alpha value is -4.49. The van der Waals surface area contributed by atoms with Gasteiger partial charge in [0.1, 0.15) is 16.8 Å². The first-order chi connectivity index (χ1) is 18.7. The highest BCUT2D eigenvalue weighted by Crippen LogP contribution is 2.35. The predicted molar refractivity (Wildman–Crippen MR) is 144 cm³/mol. The van der Waals surface area contributed by atoms with Crippen LogP contribution in [0.4, 0.5) is 5.69 Å². The summed E-state index contributed by atoms with van der Waals surface area (Å²) >= 11 is 1.10. The first-order valence-electron chi connectivity index (χ1n) is 12.1. The van der Waals surface area contributed by atoms with E-state index in [0.29, 0.717) is 27.6 Å². The lowest BCUT2D eigenvalue weighted by Gasteiger charge is -2.16. The summed E-state index contributed by atoms with van der Waals surface area (Å²) < 4.78 is 10.2. The Kier molecular flexibility index (Phi) is 8.42. The number of hydrogen-bond donors (Lipinski definition) is 0. The Bertz CT molecular complexity index is 1480. The molecule has 0 saturated carbocycles. The Labute approximate surface area is 229 Å². The average molecular weight is 544 g/mol. The quantitative estimate of drug-likeness (QED) is 0.217. The summed E-state index contributed by atoms with van der Waals surface area (Å²) in [5.74, 6) is -1.27. The minimum absolute atomic E-state index is 0.0435. The number of methoxy groups -OCH3 is 1. The van der Waals surface area contributed by atoms with Crippen LogP contribution in [0, 0.1) is 11.3 Å². The van der Waals surface area contributed by atoms with Crippen LogP contribution in [0.5, 0.6) is 5.75 Å². The number of aromatic nitrogens is 1. The number of benzene rings is 2. The lowest BCUT2D eigenvalue weighted by molar-refractivity contribution is -0.121. The molecule has 0 spiro atoms. The minimum atomic E-state index is -0.730. The number of ketones is 1. The number of amides is 2. The molecule has 0 radical (unpaired) electrons. The maximum Gasteiger partial charge on any atom is 0.338 e. The minimum Gasteiger partial charge on any atom is -0.497 e. The number of anilines is 1. The monoisotopic (exact) mass is 543 g/mol. The van der Waals surface area contributed by atoms with Gasteiger partial charge >= 0.3 is 5.97 Å². The number of pyridine rings is 1. The standard InChI is InChI=1S/C29H25N3O6S/c1-17(2)23-12-9-20(15-30)27(31-23)39-25-14-26(34)32(28(25)35)21-10-7-18(8-11-21)29(36)38-16-24(33)19-5-4-6-22(13-19)37-3/h4-13,17,25H,14,16H2,1-3H3. The number of esters is 1. The van der Waals surface area contributed by atoms with Gasteiger partial charge in [-0.15, -0.1) is 0 Å². The van der Waals surface area contributed by atoms with E-state index in [9.17, 15) is 24.4 Å². The van der Waals surface area contributed by atoms with Gasteiger partial charge < -0.3 is 9.47 Å². The molecule has 1 saturated heterocycles. The van der Waals surface area contributed by atoms with Crippen molar-refractivity contribution in [1.29, 1.82) is 5.26 Å². The summed E-state index contributed by atoms with van der Waals surface area (Å²) in [6, 6.07) is 17.9. The molecule has 39 heavy (non-hydrogen) atoms. The molecule has 10 heteroatoms. The van der Waals surface area contributed by atoms with Crippen LogP contribution in [0.3, 0.4) is 0 Å². The molecule has 1 aromatic heterocycles. The molecule has 4 rings (SSSR count). The number of nitriles is 1. The van der Waals surface area contributed by atoms with E-state index in [0.717, 1.165) is 22.4 Å². The van der Waals surface area contributed by atoms with Crippen LogP contribution in [0.1, 0.15) is 58.2 Å². The SMILES string of the molecule is COc1cccc(C(=O)COC(=O)c2ccc(N3C(=O)CC(Sc4nc(C(C)C)ccc4C#N)C3=O)cc2)c1. The van der Waals surface area contributed by atoms with Crippen molar-refractivity contribution in [3.63, 3.8) is 0 Å².